The number of halogens is 3. The molecule has 0 aliphatic carbocycles. The van der Waals surface area contributed by atoms with E-state index in [2.05, 4.69) is 5.32 Å². The number of nitrogens with one attached hydrogen (secondary N) is 1. The van der Waals surface area contributed by atoms with Crippen LogP contribution in [0.15, 0.2) is 77.7 Å². The van der Waals surface area contributed by atoms with E-state index in [1.165, 1.54) is 59.5 Å². The van der Waals surface area contributed by atoms with Crippen molar-refractivity contribution < 1.29 is 22.4 Å². The van der Waals surface area contributed by atoms with Gasteiger partial charge in [-0.05, 0) is 62.2 Å². The van der Waals surface area contributed by atoms with Crippen LogP contribution in [0.2, 0.25) is 10.0 Å². The highest BCUT2D eigenvalue weighted by Crippen LogP contribution is 2.35. The lowest BCUT2D eigenvalue weighted by Crippen LogP contribution is -2.53. The lowest BCUT2D eigenvalue weighted by molar-refractivity contribution is -0.140. The monoisotopic (exact) mass is 593 g/mol. The highest BCUT2D eigenvalue weighted by molar-refractivity contribution is 7.92. The van der Waals surface area contributed by atoms with Gasteiger partial charge in [-0.25, -0.2) is 12.8 Å². The van der Waals surface area contributed by atoms with Gasteiger partial charge in [0, 0.05) is 12.6 Å². The second-order valence-electron chi connectivity index (χ2n) is 9.13. The minimum Gasteiger partial charge on any atom is -0.352 e. The van der Waals surface area contributed by atoms with E-state index < -0.39 is 34.3 Å². The topological polar surface area (TPSA) is 86.8 Å². The predicted octanol–water partition coefficient (Wildman–Crippen LogP) is 5.66. The van der Waals surface area contributed by atoms with Gasteiger partial charge in [0.15, 0.2) is 0 Å². The number of hydrogen-bond acceptors (Lipinski definition) is 4. The van der Waals surface area contributed by atoms with Gasteiger partial charge in [-0.15, -0.1) is 0 Å². The summed E-state index contributed by atoms with van der Waals surface area (Å²) in [7, 11) is -4.28. The molecule has 0 heterocycles. The van der Waals surface area contributed by atoms with Crippen molar-refractivity contribution in [2.75, 3.05) is 10.8 Å². The zero-order chi connectivity index (χ0) is 28.7. The summed E-state index contributed by atoms with van der Waals surface area (Å²) in [5.74, 6) is -1.49. The fraction of sp³-hybridized carbons (Fsp3) is 0.286. The number of anilines is 1. The van der Waals surface area contributed by atoms with Crippen LogP contribution in [0.5, 0.6) is 0 Å². The van der Waals surface area contributed by atoms with Crippen LogP contribution in [0.4, 0.5) is 10.1 Å². The van der Waals surface area contributed by atoms with Crippen molar-refractivity contribution >= 4 is 50.7 Å². The van der Waals surface area contributed by atoms with Crippen LogP contribution in [-0.2, 0) is 26.2 Å². The number of carbonyl (C=O) groups is 2. The van der Waals surface area contributed by atoms with E-state index in [4.69, 9.17) is 23.2 Å². The van der Waals surface area contributed by atoms with Gasteiger partial charge >= 0.3 is 0 Å². The van der Waals surface area contributed by atoms with Crippen LogP contribution in [0, 0.1) is 5.82 Å². The van der Waals surface area contributed by atoms with Crippen LogP contribution in [0.1, 0.15) is 32.8 Å². The average Bonchev–Trinajstić information content (AvgIpc) is 2.90. The second-order valence-corrected chi connectivity index (χ2v) is 11.8. The van der Waals surface area contributed by atoms with Crippen molar-refractivity contribution in [2.45, 2.75) is 50.7 Å². The Kier molecular flexibility index (Phi) is 10.4. The number of sulfonamides is 1. The lowest BCUT2D eigenvalue weighted by Gasteiger charge is -2.33. The van der Waals surface area contributed by atoms with Gasteiger partial charge in [0.2, 0.25) is 11.8 Å². The molecule has 0 fully saturated rings. The molecule has 11 heteroatoms. The normalized spacial score (nSPS) is 12.2. The van der Waals surface area contributed by atoms with Gasteiger partial charge in [0.05, 0.1) is 20.6 Å². The summed E-state index contributed by atoms with van der Waals surface area (Å²) >= 11 is 12.6. The quantitative estimate of drug-likeness (QED) is 0.311. The molecule has 3 aromatic rings. The van der Waals surface area contributed by atoms with Gasteiger partial charge in [0.25, 0.3) is 10.0 Å². The van der Waals surface area contributed by atoms with Crippen LogP contribution in [0.25, 0.3) is 0 Å². The zero-order valence-electron chi connectivity index (χ0n) is 21.8. The molecule has 39 heavy (non-hydrogen) atoms. The first kappa shape index (κ1) is 30.4. The summed E-state index contributed by atoms with van der Waals surface area (Å²) in [6.45, 7) is 4.63. The lowest BCUT2D eigenvalue weighted by atomic mass is 10.1. The molecule has 0 bridgehead atoms. The predicted molar refractivity (Wildman–Crippen MR) is 152 cm³/mol. The van der Waals surface area contributed by atoms with Gasteiger partial charge in [-0.1, -0.05) is 66.5 Å². The molecule has 0 aliphatic heterocycles. The van der Waals surface area contributed by atoms with Crippen molar-refractivity contribution in [1.82, 2.24) is 10.2 Å². The van der Waals surface area contributed by atoms with Gasteiger partial charge in [-0.3, -0.25) is 13.9 Å². The first-order chi connectivity index (χ1) is 18.4. The first-order valence-electron chi connectivity index (χ1n) is 12.3. The first-order valence-corrected chi connectivity index (χ1v) is 14.5. The molecular weight excluding hydrogens is 564 g/mol. The Bertz CT molecular complexity index is 1400. The fourth-order valence-corrected chi connectivity index (χ4v) is 5.90. The number of amides is 2. The third-order valence-electron chi connectivity index (χ3n) is 5.89. The maximum Gasteiger partial charge on any atom is 0.264 e. The highest BCUT2D eigenvalue weighted by atomic mass is 35.5. The van der Waals surface area contributed by atoms with E-state index in [1.807, 2.05) is 0 Å². The van der Waals surface area contributed by atoms with E-state index in [1.54, 1.807) is 39.0 Å². The van der Waals surface area contributed by atoms with Crippen molar-refractivity contribution in [2.24, 2.45) is 0 Å². The molecule has 208 valence electrons. The van der Waals surface area contributed by atoms with E-state index in [9.17, 15) is 22.4 Å². The third kappa shape index (κ3) is 7.50. The number of benzene rings is 3. The molecule has 0 unspecified atom stereocenters. The Morgan fingerprint density at radius 2 is 1.59 bits per heavy atom. The zero-order valence-corrected chi connectivity index (χ0v) is 24.1. The summed E-state index contributed by atoms with van der Waals surface area (Å²) in [4.78, 5) is 28.3. The van der Waals surface area contributed by atoms with Crippen molar-refractivity contribution in [3.05, 3.63) is 94.2 Å². The van der Waals surface area contributed by atoms with E-state index >= 15 is 0 Å². The summed E-state index contributed by atoms with van der Waals surface area (Å²) in [5.41, 5.74) is 0.585. The molecule has 1 atom stereocenters. The van der Waals surface area contributed by atoms with Crippen LogP contribution >= 0.6 is 23.2 Å². The van der Waals surface area contributed by atoms with Crippen LogP contribution in [0.3, 0.4) is 0 Å². The Morgan fingerprint density at radius 3 is 2.18 bits per heavy atom. The van der Waals surface area contributed by atoms with Crippen molar-refractivity contribution in [3.8, 4) is 0 Å². The summed E-state index contributed by atoms with van der Waals surface area (Å²) in [5, 5.41) is 2.89. The minimum atomic E-state index is -4.28. The summed E-state index contributed by atoms with van der Waals surface area (Å²) < 4.78 is 42.1. The molecule has 0 saturated carbocycles. The maximum atomic E-state index is 14.0. The number of hydrogen-bond donors (Lipinski definition) is 1. The van der Waals surface area contributed by atoms with E-state index in [-0.39, 0.29) is 45.5 Å². The molecule has 2 amide bonds. The molecule has 7 nitrogen and oxygen atoms in total. The van der Waals surface area contributed by atoms with Gasteiger partial charge in [0.1, 0.15) is 18.4 Å². The Labute approximate surface area is 238 Å². The molecule has 0 aromatic heterocycles. The molecule has 3 rings (SSSR count). The Morgan fingerprint density at radius 1 is 0.949 bits per heavy atom. The minimum absolute atomic E-state index is 0.0165. The molecule has 0 aliphatic rings. The SMILES string of the molecule is CC[C@H](C(=O)NC(C)C)N(Cc1ccc(F)cc1)C(=O)CN(c1cccc(Cl)c1Cl)S(=O)(=O)c1ccccc1. The number of rotatable bonds is 11. The Balaban J connectivity index is 2.09. The van der Waals surface area contributed by atoms with Crippen molar-refractivity contribution in [1.29, 1.82) is 0 Å². The molecule has 0 saturated heterocycles. The van der Waals surface area contributed by atoms with Crippen molar-refractivity contribution in [3.63, 3.8) is 0 Å². The fourth-order valence-electron chi connectivity index (χ4n) is 4.00. The smallest absolute Gasteiger partial charge is 0.264 e. The number of carbonyl (C=O) groups excluding carboxylic acids is 2. The summed E-state index contributed by atoms with van der Waals surface area (Å²) in [6.07, 6.45) is 0.259. The standard InChI is InChI=1S/C28H30Cl2FN3O4S/c1-4-24(28(36)32-19(2)3)33(17-20-13-15-21(31)16-14-20)26(35)18-34(25-12-8-11-23(29)27(25)30)39(37,38)22-9-6-5-7-10-22/h5-16,19,24H,4,17-18H2,1-3H3,(H,32,36)/t24-/m1/s1. The molecule has 1 N–H and O–H groups in total. The second kappa shape index (κ2) is 13.3. The largest absolute Gasteiger partial charge is 0.352 e. The summed E-state index contributed by atoms with van der Waals surface area (Å²) in [6, 6.07) is 16.5. The third-order valence-corrected chi connectivity index (χ3v) is 8.48. The van der Waals surface area contributed by atoms with Gasteiger partial charge < -0.3 is 10.2 Å². The van der Waals surface area contributed by atoms with Gasteiger partial charge in [-0.2, -0.15) is 0 Å². The highest BCUT2D eigenvalue weighted by Gasteiger charge is 2.34. The van der Waals surface area contributed by atoms with Crippen LogP contribution < -0.4 is 9.62 Å². The number of nitrogens with zero attached hydrogens (tertiary/aromatic N) is 2. The Hall–Kier alpha value is -3.14. The van der Waals surface area contributed by atoms with Crippen LogP contribution in [-0.4, -0.2) is 43.8 Å². The molecule has 0 radical (unpaired) electrons. The molecular formula is C28H30Cl2FN3O4S. The maximum absolute atomic E-state index is 14.0. The van der Waals surface area contributed by atoms with E-state index in [0.717, 1.165) is 4.31 Å². The van der Waals surface area contributed by atoms with E-state index in [0.29, 0.717) is 5.56 Å². The average molecular weight is 595 g/mol. The molecule has 0 spiro atoms. The molecule has 3 aromatic carbocycles.